The third-order valence-corrected chi connectivity index (χ3v) is 3.28. The quantitative estimate of drug-likeness (QED) is 0.832. The number of hydrogen-bond donors (Lipinski definition) is 0. The summed E-state index contributed by atoms with van der Waals surface area (Å²) in [6.07, 6.45) is 2.68. The van der Waals surface area contributed by atoms with E-state index in [1.54, 1.807) is 6.07 Å². The molecule has 16 heavy (non-hydrogen) atoms. The van der Waals surface area contributed by atoms with Gasteiger partial charge < -0.3 is 4.74 Å². The number of ether oxygens (including phenoxy) is 1. The molecule has 0 spiro atoms. The number of Topliss-reactive ketones (excluding diaryl/α,β-unsaturated/α-hetero) is 1. The molecule has 1 atom stereocenters. The van der Waals surface area contributed by atoms with Gasteiger partial charge in [0.25, 0.3) is 0 Å². The van der Waals surface area contributed by atoms with E-state index in [2.05, 4.69) is 15.9 Å². The molecule has 86 valence electrons. The van der Waals surface area contributed by atoms with Crippen molar-refractivity contribution in [3.63, 3.8) is 0 Å². The average molecular weight is 287 g/mol. The minimum absolute atomic E-state index is 0.112. The number of ketones is 1. The molecule has 1 saturated carbocycles. The van der Waals surface area contributed by atoms with Gasteiger partial charge in [-0.25, -0.2) is 4.39 Å². The Morgan fingerprint density at radius 3 is 3.00 bits per heavy atom. The van der Waals surface area contributed by atoms with Crippen molar-refractivity contribution in [1.29, 1.82) is 0 Å². The van der Waals surface area contributed by atoms with Crippen molar-refractivity contribution in [3.8, 4) is 5.75 Å². The second-order valence-electron chi connectivity index (χ2n) is 3.95. The van der Waals surface area contributed by atoms with E-state index in [4.69, 9.17) is 4.74 Å². The van der Waals surface area contributed by atoms with Crippen molar-refractivity contribution in [3.05, 3.63) is 28.5 Å². The van der Waals surface area contributed by atoms with E-state index in [1.165, 1.54) is 12.1 Å². The summed E-state index contributed by atoms with van der Waals surface area (Å²) in [6.45, 7) is 0. The van der Waals surface area contributed by atoms with E-state index in [0.29, 0.717) is 23.1 Å². The number of hydrogen-bond acceptors (Lipinski definition) is 2. The highest BCUT2D eigenvalue weighted by Crippen LogP contribution is 2.29. The summed E-state index contributed by atoms with van der Waals surface area (Å²) in [4.78, 5) is 11.2. The molecule has 1 aliphatic rings. The molecule has 0 aromatic heterocycles. The van der Waals surface area contributed by atoms with Crippen LogP contribution in [0.15, 0.2) is 22.7 Å². The highest BCUT2D eigenvalue weighted by Gasteiger charge is 2.21. The summed E-state index contributed by atoms with van der Waals surface area (Å²) < 4.78 is 19.4. The maximum absolute atomic E-state index is 13.0. The minimum Gasteiger partial charge on any atom is -0.489 e. The van der Waals surface area contributed by atoms with Gasteiger partial charge in [0.15, 0.2) is 0 Å². The van der Waals surface area contributed by atoms with Gasteiger partial charge in [0, 0.05) is 18.9 Å². The van der Waals surface area contributed by atoms with Crippen LogP contribution in [-0.2, 0) is 4.79 Å². The molecule has 0 amide bonds. The zero-order valence-electron chi connectivity index (χ0n) is 8.71. The molecule has 1 aromatic carbocycles. The lowest BCUT2D eigenvalue weighted by Crippen LogP contribution is -2.25. The van der Waals surface area contributed by atoms with Gasteiger partial charge in [-0.15, -0.1) is 0 Å². The first-order chi connectivity index (χ1) is 7.65. The van der Waals surface area contributed by atoms with Crippen LogP contribution in [0.25, 0.3) is 0 Å². The highest BCUT2D eigenvalue weighted by atomic mass is 79.9. The van der Waals surface area contributed by atoms with Gasteiger partial charge in [-0.2, -0.15) is 0 Å². The Balaban J connectivity index is 2.08. The van der Waals surface area contributed by atoms with Gasteiger partial charge >= 0.3 is 0 Å². The minimum atomic E-state index is -0.333. The Morgan fingerprint density at radius 2 is 2.25 bits per heavy atom. The molecule has 2 nitrogen and oxygen atoms in total. The molecule has 0 bridgehead atoms. The van der Waals surface area contributed by atoms with Crippen molar-refractivity contribution in [2.45, 2.75) is 31.8 Å². The summed E-state index contributed by atoms with van der Waals surface area (Å²) >= 11 is 3.30. The molecule has 0 heterocycles. The number of carbonyl (C=O) groups is 1. The molecule has 0 N–H and O–H groups in total. The van der Waals surface area contributed by atoms with Crippen molar-refractivity contribution >= 4 is 21.7 Å². The second-order valence-corrected chi connectivity index (χ2v) is 4.80. The lowest BCUT2D eigenvalue weighted by molar-refractivity contribution is -0.122. The lowest BCUT2D eigenvalue weighted by Gasteiger charge is -2.22. The first-order valence-corrected chi connectivity index (χ1v) is 6.08. The highest BCUT2D eigenvalue weighted by molar-refractivity contribution is 9.10. The van der Waals surface area contributed by atoms with Crippen molar-refractivity contribution in [1.82, 2.24) is 0 Å². The van der Waals surface area contributed by atoms with Crippen LogP contribution in [0.1, 0.15) is 25.7 Å². The molecule has 1 unspecified atom stereocenters. The predicted octanol–water partition coefficient (Wildman–Crippen LogP) is 3.48. The van der Waals surface area contributed by atoms with E-state index < -0.39 is 0 Å². The Bertz CT molecular complexity index is 406. The van der Waals surface area contributed by atoms with E-state index in [0.717, 1.165) is 12.8 Å². The Labute approximate surface area is 102 Å². The molecule has 1 aliphatic carbocycles. The SMILES string of the molecule is O=C1CCCC(Oc2cc(F)ccc2Br)C1. The van der Waals surface area contributed by atoms with E-state index >= 15 is 0 Å². The van der Waals surface area contributed by atoms with Crippen LogP contribution in [0, 0.1) is 5.82 Å². The fourth-order valence-corrected chi connectivity index (χ4v) is 2.17. The molecule has 4 heteroatoms. The normalized spacial score (nSPS) is 20.9. The summed E-state index contributed by atoms with van der Waals surface area (Å²) in [5.41, 5.74) is 0. The lowest BCUT2D eigenvalue weighted by atomic mass is 9.96. The number of benzene rings is 1. The van der Waals surface area contributed by atoms with E-state index in [-0.39, 0.29) is 17.7 Å². The van der Waals surface area contributed by atoms with E-state index in [9.17, 15) is 9.18 Å². The van der Waals surface area contributed by atoms with Crippen LogP contribution in [0.2, 0.25) is 0 Å². The summed E-state index contributed by atoms with van der Waals surface area (Å²) in [6, 6.07) is 4.31. The Kier molecular flexibility index (Phi) is 3.59. The maximum Gasteiger partial charge on any atom is 0.136 e. The van der Waals surface area contributed by atoms with Gasteiger partial charge in [0.1, 0.15) is 23.5 Å². The van der Waals surface area contributed by atoms with Gasteiger partial charge in [-0.3, -0.25) is 4.79 Å². The molecular formula is C12H12BrFO2. The number of carbonyl (C=O) groups excluding carboxylic acids is 1. The van der Waals surface area contributed by atoms with Gasteiger partial charge in [-0.1, -0.05) is 0 Å². The third kappa shape index (κ3) is 2.82. The molecule has 0 saturated heterocycles. The summed E-state index contributed by atoms with van der Waals surface area (Å²) in [5, 5.41) is 0. The molecule has 1 fully saturated rings. The molecular weight excluding hydrogens is 275 g/mol. The zero-order chi connectivity index (χ0) is 11.5. The largest absolute Gasteiger partial charge is 0.489 e. The molecule has 2 rings (SSSR count). The van der Waals surface area contributed by atoms with Crippen LogP contribution in [-0.4, -0.2) is 11.9 Å². The fourth-order valence-electron chi connectivity index (χ4n) is 1.83. The summed E-state index contributed by atoms with van der Waals surface area (Å²) in [5.74, 6) is 0.365. The van der Waals surface area contributed by atoms with Crippen molar-refractivity contribution in [2.24, 2.45) is 0 Å². The molecule has 0 aliphatic heterocycles. The third-order valence-electron chi connectivity index (χ3n) is 2.62. The van der Waals surface area contributed by atoms with Crippen LogP contribution in [0.3, 0.4) is 0 Å². The first-order valence-electron chi connectivity index (χ1n) is 5.28. The first kappa shape index (κ1) is 11.6. The predicted molar refractivity (Wildman–Crippen MR) is 62.0 cm³/mol. The molecule has 1 aromatic rings. The average Bonchev–Trinajstić information content (AvgIpc) is 2.24. The Morgan fingerprint density at radius 1 is 1.44 bits per heavy atom. The monoisotopic (exact) mass is 286 g/mol. The summed E-state index contributed by atoms with van der Waals surface area (Å²) in [7, 11) is 0. The topological polar surface area (TPSA) is 26.3 Å². The standard InChI is InChI=1S/C12H12BrFO2/c13-11-5-4-8(14)6-12(11)16-10-3-1-2-9(15)7-10/h4-6,10H,1-3,7H2. The van der Waals surface area contributed by atoms with Gasteiger partial charge in [0.05, 0.1) is 4.47 Å². The van der Waals surface area contributed by atoms with E-state index in [1.807, 2.05) is 0 Å². The zero-order valence-corrected chi connectivity index (χ0v) is 10.3. The molecule has 0 radical (unpaired) electrons. The van der Waals surface area contributed by atoms with Crippen molar-refractivity contribution in [2.75, 3.05) is 0 Å². The Hall–Kier alpha value is -0.900. The smallest absolute Gasteiger partial charge is 0.136 e. The number of halogens is 2. The van der Waals surface area contributed by atoms with Crippen LogP contribution < -0.4 is 4.74 Å². The van der Waals surface area contributed by atoms with Crippen molar-refractivity contribution < 1.29 is 13.9 Å². The fraction of sp³-hybridized carbons (Fsp3) is 0.417. The van der Waals surface area contributed by atoms with Crippen LogP contribution in [0.4, 0.5) is 4.39 Å². The maximum atomic E-state index is 13.0. The second kappa shape index (κ2) is 4.95. The number of rotatable bonds is 2. The van der Waals surface area contributed by atoms with Crippen LogP contribution >= 0.6 is 15.9 Å². The van der Waals surface area contributed by atoms with Gasteiger partial charge in [0.2, 0.25) is 0 Å². The van der Waals surface area contributed by atoms with Gasteiger partial charge in [-0.05, 0) is 40.9 Å². The van der Waals surface area contributed by atoms with Crippen LogP contribution in [0.5, 0.6) is 5.75 Å².